The summed E-state index contributed by atoms with van der Waals surface area (Å²) in [4.78, 5) is 12.7. The third kappa shape index (κ3) is 4.63. The minimum absolute atomic E-state index is 0.000893. The molecule has 104 valence electrons. The fraction of sp³-hybridized carbons (Fsp3) is 0.462. The molecule has 2 rings (SSSR count). The van der Waals surface area contributed by atoms with Crippen LogP contribution in [0.4, 0.5) is 5.69 Å². The van der Waals surface area contributed by atoms with Gasteiger partial charge in [0.1, 0.15) is 0 Å². The molecule has 1 aromatic rings. The summed E-state index contributed by atoms with van der Waals surface area (Å²) in [5, 5.41) is 6.20. The third-order valence-corrected chi connectivity index (χ3v) is 4.93. The maximum atomic E-state index is 11.9. The molecule has 2 atom stereocenters. The van der Waals surface area contributed by atoms with Crippen molar-refractivity contribution in [1.82, 2.24) is 5.32 Å². The van der Waals surface area contributed by atoms with Crippen molar-refractivity contribution < 1.29 is 9.00 Å². The Morgan fingerprint density at radius 1 is 1.58 bits per heavy atom. The smallest absolute Gasteiger partial charge is 0.225 e. The summed E-state index contributed by atoms with van der Waals surface area (Å²) in [6.07, 6.45) is 2.11. The molecular weight excluding hydrogens is 280 g/mol. The highest BCUT2D eigenvalue weighted by molar-refractivity contribution is 7.99. The number of rotatable bonds is 4. The van der Waals surface area contributed by atoms with Crippen LogP contribution in [0.25, 0.3) is 0 Å². The second-order valence-corrected chi connectivity index (χ2v) is 6.99. The summed E-state index contributed by atoms with van der Waals surface area (Å²) in [7, 11) is -1.03. The van der Waals surface area contributed by atoms with Crippen molar-refractivity contribution in [2.45, 2.75) is 17.4 Å². The minimum Gasteiger partial charge on any atom is -0.326 e. The summed E-state index contributed by atoms with van der Waals surface area (Å²) in [5.41, 5.74) is 0.709. The Kier molecular flexibility index (Phi) is 5.42. The van der Waals surface area contributed by atoms with E-state index in [0.29, 0.717) is 12.1 Å². The Bertz CT molecular complexity index is 473. The van der Waals surface area contributed by atoms with Crippen LogP contribution in [0.2, 0.25) is 0 Å². The monoisotopic (exact) mass is 298 g/mol. The maximum Gasteiger partial charge on any atom is 0.225 e. The molecule has 1 aliphatic heterocycles. The topological polar surface area (TPSA) is 58.2 Å². The fourth-order valence-corrected chi connectivity index (χ4v) is 3.45. The molecule has 1 heterocycles. The molecular formula is C13H18N2O2S2. The van der Waals surface area contributed by atoms with Crippen molar-refractivity contribution in [3.63, 3.8) is 0 Å². The lowest BCUT2D eigenvalue weighted by molar-refractivity contribution is -0.116. The van der Waals surface area contributed by atoms with Gasteiger partial charge in [-0.15, -0.1) is 0 Å². The zero-order valence-electron chi connectivity index (χ0n) is 10.8. The normalized spacial score (nSPS) is 20.8. The Balaban J connectivity index is 1.90. The minimum atomic E-state index is -1.03. The van der Waals surface area contributed by atoms with Crippen LogP contribution in [0.1, 0.15) is 6.42 Å². The van der Waals surface area contributed by atoms with Gasteiger partial charge >= 0.3 is 0 Å². The zero-order valence-corrected chi connectivity index (χ0v) is 12.5. The van der Waals surface area contributed by atoms with E-state index in [1.54, 1.807) is 24.5 Å². The van der Waals surface area contributed by atoms with E-state index < -0.39 is 10.8 Å². The predicted octanol–water partition coefficient (Wildman–Crippen LogP) is 1.46. The van der Waals surface area contributed by atoms with Crippen molar-refractivity contribution in [1.29, 1.82) is 0 Å². The van der Waals surface area contributed by atoms with Crippen LogP contribution in [0.5, 0.6) is 0 Å². The van der Waals surface area contributed by atoms with Gasteiger partial charge in [-0.25, -0.2) is 0 Å². The molecule has 2 unspecified atom stereocenters. The molecule has 2 N–H and O–H groups in total. The van der Waals surface area contributed by atoms with E-state index >= 15 is 0 Å². The second kappa shape index (κ2) is 7.07. The van der Waals surface area contributed by atoms with E-state index in [9.17, 15) is 9.00 Å². The van der Waals surface area contributed by atoms with E-state index in [1.807, 2.05) is 17.8 Å². The fourth-order valence-electron chi connectivity index (χ4n) is 1.94. The first-order valence-corrected chi connectivity index (χ1v) is 8.91. The summed E-state index contributed by atoms with van der Waals surface area (Å²) in [6, 6.07) is 7.43. The number of benzene rings is 1. The van der Waals surface area contributed by atoms with E-state index in [2.05, 4.69) is 10.6 Å². The molecule has 0 aromatic heterocycles. The van der Waals surface area contributed by atoms with Gasteiger partial charge in [0, 0.05) is 58.2 Å². The van der Waals surface area contributed by atoms with E-state index in [0.717, 1.165) is 22.9 Å². The Labute approximate surface area is 120 Å². The molecule has 0 bridgehead atoms. The lowest BCUT2D eigenvalue weighted by Gasteiger charge is -2.22. The molecule has 0 aliphatic carbocycles. The molecule has 6 heteroatoms. The number of carbonyl (C=O) groups excluding carboxylic acids is 1. The first kappa shape index (κ1) is 14.6. The Morgan fingerprint density at radius 3 is 3.11 bits per heavy atom. The summed E-state index contributed by atoms with van der Waals surface area (Å²) >= 11 is 1.87. The van der Waals surface area contributed by atoms with E-state index in [-0.39, 0.29) is 11.9 Å². The standard InChI is InChI=1S/C13H18N2O2S2/c1-19(17)12-4-2-3-10(7-12)15-13(16)8-11-9-18-6-5-14-11/h2-4,7,11,14H,5-6,8-9H2,1H3,(H,15,16). The van der Waals surface area contributed by atoms with Crippen molar-refractivity contribution in [3.05, 3.63) is 24.3 Å². The van der Waals surface area contributed by atoms with Crippen LogP contribution in [0.3, 0.4) is 0 Å². The average Bonchev–Trinajstić information content (AvgIpc) is 2.40. The molecule has 0 saturated carbocycles. The first-order valence-electron chi connectivity index (χ1n) is 6.19. The predicted molar refractivity (Wildman–Crippen MR) is 81.1 cm³/mol. The highest BCUT2D eigenvalue weighted by Gasteiger charge is 2.16. The van der Waals surface area contributed by atoms with Crippen LogP contribution < -0.4 is 10.6 Å². The van der Waals surface area contributed by atoms with Crippen LogP contribution in [-0.2, 0) is 15.6 Å². The quantitative estimate of drug-likeness (QED) is 0.883. The van der Waals surface area contributed by atoms with Gasteiger partial charge in [0.2, 0.25) is 5.91 Å². The number of anilines is 1. The lowest BCUT2D eigenvalue weighted by Crippen LogP contribution is -2.39. The van der Waals surface area contributed by atoms with Gasteiger partial charge in [-0.1, -0.05) is 6.07 Å². The summed E-state index contributed by atoms with van der Waals surface area (Å²) in [5.74, 6) is 2.09. The van der Waals surface area contributed by atoms with Gasteiger partial charge in [-0.05, 0) is 18.2 Å². The third-order valence-electron chi connectivity index (χ3n) is 2.88. The highest BCUT2D eigenvalue weighted by atomic mass is 32.2. The number of amides is 1. The van der Waals surface area contributed by atoms with Gasteiger partial charge in [-0.3, -0.25) is 9.00 Å². The molecule has 1 aromatic carbocycles. The van der Waals surface area contributed by atoms with Crippen molar-refractivity contribution >= 4 is 34.2 Å². The summed E-state index contributed by atoms with van der Waals surface area (Å²) < 4.78 is 11.4. The van der Waals surface area contributed by atoms with Gasteiger partial charge in [0.25, 0.3) is 0 Å². The molecule has 1 amide bonds. The van der Waals surface area contributed by atoms with Crippen molar-refractivity contribution in [3.8, 4) is 0 Å². The zero-order chi connectivity index (χ0) is 13.7. The molecule has 0 radical (unpaired) electrons. The van der Waals surface area contributed by atoms with E-state index in [1.165, 1.54) is 0 Å². The van der Waals surface area contributed by atoms with E-state index in [4.69, 9.17) is 0 Å². The number of hydrogen-bond acceptors (Lipinski definition) is 4. The van der Waals surface area contributed by atoms with Crippen LogP contribution in [-0.4, -0.2) is 40.5 Å². The van der Waals surface area contributed by atoms with Crippen molar-refractivity contribution in [2.24, 2.45) is 0 Å². The molecule has 1 saturated heterocycles. The van der Waals surface area contributed by atoms with Gasteiger partial charge in [0.15, 0.2) is 0 Å². The molecule has 1 aliphatic rings. The number of hydrogen-bond donors (Lipinski definition) is 2. The average molecular weight is 298 g/mol. The van der Waals surface area contributed by atoms with Gasteiger partial charge in [-0.2, -0.15) is 11.8 Å². The van der Waals surface area contributed by atoms with Crippen molar-refractivity contribution in [2.75, 3.05) is 29.6 Å². The van der Waals surface area contributed by atoms with Crippen LogP contribution >= 0.6 is 11.8 Å². The van der Waals surface area contributed by atoms with Gasteiger partial charge < -0.3 is 10.6 Å². The number of thioether (sulfide) groups is 1. The Morgan fingerprint density at radius 2 is 2.42 bits per heavy atom. The maximum absolute atomic E-state index is 11.9. The van der Waals surface area contributed by atoms with Crippen LogP contribution in [0, 0.1) is 0 Å². The second-order valence-electron chi connectivity index (χ2n) is 4.46. The first-order chi connectivity index (χ1) is 9.15. The van der Waals surface area contributed by atoms with Crippen LogP contribution in [0.15, 0.2) is 29.2 Å². The lowest BCUT2D eigenvalue weighted by atomic mass is 10.2. The molecule has 0 spiro atoms. The summed E-state index contributed by atoms with van der Waals surface area (Å²) in [6.45, 7) is 0.965. The largest absolute Gasteiger partial charge is 0.326 e. The SMILES string of the molecule is CS(=O)c1cccc(NC(=O)CC2CSCCN2)c1. The molecule has 4 nitrogen and oxygen atoms in total. The number of nitrogens with one attached hydrogen (secondary N) is 2. The highest BCUT2D eigenvalue weighted by Crippen LogP contribution is 2.15. The molecule has 1 fully saturated rings. The van der Waals surface area contributed by atoms with Gasteiger partial charge in [0.05, 0.1) is 0 Å². The number of carbonyl (C=O) groups is 1. The Hall–Kier alpha value is -0.850. The molecule has 19 heavy (non-hydrogen) atoms.